The summed E-state index contributed by atoms with van der Waals surface area (Å²) in [5, 5.41) is 0. The van der Waals surface area contributed by atoms with Gasteiger partial charge in [0.1, 0.15) is 19.3 Å². The first-order chi connectivity index (χ1) is 12.8. The predicted molar refractivity (Wildman–Crippen MR) is 95.3 cm³/mol. The van der Waals surface area contributed by atoms with E-state index in [0.29, 0.717) is 19.6 Å². The number of rotatable bonds is 9. The molecule has 1 heterocycles. The van der Waals surface area contributed by atoms with E-state index in [-0.39, 0.29) is 25.1 Å². The van der Waals surface area contributed by atoms with E-state index >= 15 is 0 Å². The zero-order valence-corrected chi connectivity index (χ0v) is 16.9. The molecule has 0 aromatic carbocycles. The number of nitrogens with zero attached hydrogens (tertiary/aromatic N) is 1. The van der Waals surface area contributed by atoms with E-state index in [9.17, 15) is 14.4 Å². The fourth-order valence-electron chi connectivity index (χ4n) is 2.66. The van der Waals surface area contributed by atoms with Crippen molar-refractivity contribution < 1.29 is 38.1 Å². The summed E-state index contributed by atoms with van der Waals surface area (Å²) in [4.78, 5) is 35.8. The van der Waals surface area contributed by atoms with Crippen LogP contribution in [0.15, 0.2) is 0 Å². The van der Waals surface area contributed by atoms with Crippen LogP contribution in [0.5, 0.6) is 0 Å². The molecule has 0 N–H and O–H groups in total. The minimum absolute atomic E-state index is 0.0281. The highest BCUT2D eigenvalue weighted by molar-refractivity contribution is 6.18. The number of esters is 2. The lowest BCUT2D eigenvalue weighted by molar-refractivity contribution is -0.187. The van der Waals surface area contributed by atoms with Gasteiger partial charge < -0.3 is 23.7 Å². The van der Waals surface area contributed by atoms with E-state index in [1.54, 1.807) is 0 Å². The first-order valence-electron chi connectivity index (χ1n) is 8.71. The maximum absolute atomic E-state index is 12.1. The summed E-state index contributed by atoms with van der Waals surface area (Å²) >= 11 is 5.75. The van der Waals surface area contributed by atoms with Gasteiger partial charge in [-0.15, -0.1) is 11.6 Å². The molecule has 4 atom stereocenters. The Kier molecular flexibility index (Phi) is 10.4. The van der Waals surface area contributed by atoms with Crippen LogP contribution in [0.1, 0.15) is 27.2 Å². The van der Waals surface area contributed by atoms with Crippen LogP contribution in [0.25, 0.3) is 0 Å². The van der Waals surface area contributed by atoms with Gasteiger partial charge in [-0.25, -0.2) is 4.79 Å². The molecule has 27 heavy (non-hydrogen) atoms. The molecule has 0 aromatic heterocycles. The van der Waals surface area contributed by atoms with Crippen molar-refractivity contribution in [2.24, 2.45) is 5.92 Å². The lowest BCUT2D eigenvalue weighted by Gasteiger charge is -2.39. The molecule has 0 spiro atoms. The van der Waals surface area contributed by atoms with E-state index < -0.39 is 36.3 Å². The molecule has 1 amide bonds. The summed E-state index contributed by atoms with van der Waals surface area (Å²) in [6.07, 6.45) is -1.64. The smallest absolute Gasteiger partial charge is 0.410 e. The molecule has 1 aliphatic rings. The molecule has 0 bridgehead atoms. The molecular formula is C17H28ClNO8. The maximum atomic E-state index is 12.1. The fourth-order valence-corrected chi connectivity index (χ4v) is 2.88. The Morgan fingerprint density at radius 1 is 1.15 bits per heavy atom. The van der Waals surface area contributed by atoms with E-state index in [2.05, 4.69) is 0 Å². The number of carbonyl (C=O) groups is 3. The summed E-state index contributed by atoms with van der Waals surface area (Å²) in [5.74, 6) is -1.02. The molecule has 1 saturated heterocycles. The monoisotopic (exact) mass is 409 g/mol. The van der Waals surface area contributed by atoms with Crippen LogP contribution >= 0.6 is 11.6 Å². The first kappa shape index (κ1) is 23.5. The molecule has 10 heteroatoms. The van der Waals surface area contributed by atoms with Crippen molar-refractivity contribution in [2.75, 3.05) is 39.5 Å². The molecule has 0 aliphatic carbocycles. The molecule has 1 rings (SSSR count). The standard InChI is InChI=1S/C17H28ClNO8/c1-11-15(26-13(3)21)7-14(27-16(11)9-24-12(2)20)8-25-17(22)19(10-18)5-6-23-4/h11,14-16H,5-10H2,1-4H3/t11-,14-,15-,16?/m1/s1. The molecular weight excluding hydrogens is 382 g/mol. The van der Waals surface area contributed by atoms with E-state index in [4.69, 9.17) is 35.3 Å². The van der Waals surface area contributed by atoms with Crippen LogP contribution in [0, 0.1) is 5.92 Å². The minimum Gasteiger partial charge on any atom is -0.463 e. The molecule has 9 nitrogen and oxygen atoms in total. The Bertz CT molecular complexity index is 503. The van der Waals surface area contributed by atoms with Gasteiger partial charge in [0.2, 0.25) is 0 Å². The first-order valence-corrected chi connectivity index (χ1v) is 9.24. The lowest BCUT2D eigenvalue weighted by atomic mass is 9.90. The molecule has 0 aromatic rings. The lowest BCUT2D eigenvalue weighted by Crippen LogP contribution is -2.48. The molecule has 1 unspecified atom stereocenters. The molecule has 156 valence electrons. The average Bonchev–Trinajstić information content (AvgIpc) is 2.61. The Morgan fingerprint density at radius 3 is 2.41 bits per heavy atom. The number of halogens is 1. The van der Waals surface area contributed by atoms with Crippen molar-refractivity contribution in [1.82, 2.24) is 4.90 Å². The van der Waals surface area contributed by atoms with Gasteiger partial charge in [-0.1, -0.05) is 6.92 Å². The van der Waals surface area contributed by atoms with Gasteiger partial charge in [-0.3, -0.25) is 14.5 Å². The normalized spacial score (nSPS) is 24.8. The third kappa shape index (κ3) is 8.32. The number of hydrogen-bond acceptors (Lipinski definition) is 8. The summed E-state index contributed by atoms with van der Waals surface area (Å²) in [6, 6.07) is -0.0318. The number of methoxy groups -OCH3 is 1. The minimum atomic E-state index is -0.593. The van der Waals surface area contributed by atoms with Crippen LogP contribution < -0.4 is 0 Å². The van der Waals surface area contributed by atoms with E-state index in [1.165, 1.54) is 25.9 Å². The Balaban J connectivity index is 2.66. The number of carbonyl (C=O) groups excluding carboxylic acids is 3. The van der Waals surface area contributed by atoms with Crippen LogP contribution in [0.4, 0.5) is 4.79 Å². The largest absolute Gasteiger partial charge is 0.463 e. The molecule has 0 saturated carbocycles. The van der Waals surface area contributed by atoms with Crippen molar-refractivity contribution in [2.45, 2.75) is 45.5 Å². The summed E-state index contributed by atoms with van der Waals surface area (Å²) in [5.41, 5.74) is 0. The topological polar surface area (TPSA) is 101 Å². The molecule has 0 radical (unpaired) electrons. The van der Waals surface area contributed by atoms with Gasteiger partial charge in [0, 0.05) is 39.8 Å². The second kappa shape index (κ2) is 12.0. The zero-order valence-electron chi connectivity index (χ0n) is 16.1. The number of hydrogen-bond donors (Lipinski definition) is 0. The van der Waals surface area contributed by atoms with Gasteiger partial charge in [0.05, 0.1) is 24.8 Å². The summed E-state index contributed by atoms with van der Waals surface area (Å²) < 4.78 is 26.4. The zero-order chi connectivity index (χ0) is 20.4. The van der Waals surface area contributed by atoms with Crippen LogP contribution in [0.2, 0.25) is 0 Å². The van der Waals surface area contributed by atoms with E-state index in [1.807, 2.05) is 6.92 Å². The Labute approximate surface area is 164 Å². The number of ether oxygens (including phenoxy) is 5. The quantitative estimate of drug-likeness (QED) is 0.245. The Hall–Kier alpha value is -1.58. The highest BCUT2D eigenvalue weighted by Crippen LogP contribution is 2.28. The van der Waals surface area contributed by atoms with Crippen LogP contribution in [0.3, 0.4) is 0 Å². The molecule has 1 aliphatic heterocycles. The maximum Gasteiger partial charge on any atom is 0.410 e. The van der Waals surface area contributed by atoms with Crippen LogP contribution in [-0.4, -0.2) is 80.7 Å². The highest BCUT2D eigenvalue weighted by atomic mass is 35.5. The van der Waals surface area contributed by atoms with Gasteiger partial charge in [-0.2, -0.15) is 0 Å². The van der Waals surface area contributed by atoms with Crippen molar-refractivity contribution in [3.05, 3.63) is 0 Å². The SMILES string of the molecule is COCCN(CCl)C(=O)OC[C@H]1C[C@@H](OC(C)=O)[C@@H](C)C(COC(C)=O)O1. The van der Waals surface area contributed by atoms with Gasteiger partial charge >= 0.3 is 18.0 Å². The van der Waals surface area contributed by atoms with Gasteiger partial charge in [0.25, 0.3) is 0 Å². The summed E-state index contributed by atoms with van der Waals surface area (Å²) in [6.45, 7) is 5.10. The summed E-state index contributed by atoms with van der Waals surface area (Å²) in [7, 11) is 1.52. The number of alkyl halides is 1. The van der Waals surface area contributed by atoms with Gasteiger partial charge in [0.15, 0.2) is 0 Å². The Morgan fingerprint density at radius 2 is 1.85 bits per heavy atom. The number of amides is 1. The highest BCUT2D eigenvalue weighted by Gasteiger charge is 2.39. The van der Waals surface area contributed by atoms with Gasteiger partial charge in [-0.05, 0) is 0 Å². The average molecular weight is 410 g/mol. The third-order valence-corrected chi connectivity index (χ3v) is 4.45. The molecule has 1 fully saturated rings. The van der Waals surface area contributed by atoms with Crippen molar-refractivity contribution in [3.63, 3.8) is 0 Å². The van der Waals surface area contributed by atoms with E-state index in [0.717, 1.165) is 0 Å². The predicted octanol–water partition coefficient (Wildman–Crippen LogP) is 1.56. The van der Waals surface area contributed by atoms with Crippen molar-refractivity contribution >= 4 is 29.6 Å². The second-order valence-corrected chi connectivity index (χ2v) is 6.53. The van der Waals surface area contributed by atoms with Crippen molar-refractivity contribution in [1.29, 1.82) is 0 Å². The second-order valence-electron chi connectivity index (χ2n) is 6.29. The fraction of sp³-hybridized carbons (Fsp3) is 0.824. The third-order valence-electron chi connectivity index (χ3n) is 4.16. The van der Waals surface area contributed by atoms with Crippen molar-refractivity contribution in [3.8, 4) is 0 Å². The van der Waals surface area contributed by atoms with Crippen LogP contribution in [-0.2, 0) is 33.3 Å².